The van der Waals surface area contributed by atoms with Crippen LogP contribution in [0.2, 0.25) is 0 Å². The molecule has 3 rings (SSSR count). The van der Waals surface area contributed by atoms with Crippen LogP contribution < -0.4 is 4.31 Å². The molecule has 2 atom stereocenters. The van der Waals surface area contributed by atoms with Crippen LogP contribution in [-0.4, -0.2) is 70.2 Å². The Kier molecular flexibility index (Phi) is 9.08. The third-order valence-electron chi connectivity index (χ3n) is 6.86. The second-order valence-electron chi connectivity index (χ2n) is 10.5. The quantitative estimate of drug-likeness (QED) is 0.422. The van der Waals surface area contributed by atoms with Crippen LogP contribution in [0.3, 0.4) is 0 Å². The Morgan fingerprint density at radius 1 is 1.24 bits per heavy atom. The van der Waals surface area contributed by atoms with Crippen LogP contribution in [0.4, 0.5) is 5.69 Å². The van der Waals surface area contributed by atoms with E-state index in [1.807, 2.05) is 43.9 Å². The average Bonchev–Trinajstić information content (AvgIpc) is 3.18. The Hall–Kier alpha value is -2.43. The maximum absolute atomic E-state index is 13.7. The van der Waals surface area contributed by atoms with E-state index in [1.165, 1.54) is 13.1 Å². The van der Waals surface area contributed by atoms with Crippen molar-refractivity contribution in [1.82, 2.24) is 4.90 Å². The van der Waals surface area contributed by atoms with Crippen LogP contribution >= 0.6 is 16.1 Å². The number of phenolic OH excluding ortho intramolecular Hbond substituents is 1. The minimum absolute atomic E-state index is 0.000377. The Morgan fingerprint density at radius 2 is 1.89 bits per heavy atom. The van der Waals surface area contributed by atoms with Crippen molar-refractivity contribution in [2.24, 2.45) is 9.94 Å². The zero-order valence-electron chi connectivity index (χ0n) is 22.2. The van der Waals surface area contributed by atoms with Crippen molar-refractivity contribution < 1.29 is 23.1 Å². The standard InChI is InChI=1S/C27H36BrN3O5S/c1-27(2,3)21-14-20(15-22(25(21)33)30(4)37(6,34)35)23(32)17-31-16-19(12-13-36-5)24(26(31)29-28)18-10-8-7-9-11-18/h7-11,14-15,19,24,33H,12-13,16-17H2,1-6H3/t19-,24+/m0/s1. The largest absolute Gasteiger partial charge is 0.505 e. The molecule has 8 nitrogen and oxygen atoms in total. The molecule has 37 heavy (non-hydrogen) atoms. The van der Waals surface area contributed by atoms with Gasteiger partial charge in [0, 0.05) is 44.4 Å². The molecule has 2 aromatic carbocycles. The fourth-order valence-corrected chi connectivity index (χ4v) is 5.73. The summed E-state index contributed by atoms with van der Waals surface area (Å²) < 4.78 is 35.3. The average molecular weight is 595 g/mol. The topological polar surface area (TPSA) is 99.5 Å². The first-order valence-electron chi connectivity index (χ1n) is 12.1. The molecular formula is C27H36BrN3O5S. The van der Waals surface area contributed by atoms with Gasteiger partial charge in [0.05, 0.1) is 34.6 Å². The number of amidine groups is 1. The minimum atomic E-state index is -3.66. The van der Waals surface area contributed by atoms with Gasteiger partial charge in [-0.05, 0) is 35.4 Å². The highest BCUT2D eigenvalue weighted by molar-refractivity contribution is 9.08. The lowest BCUT2D eigenvalue weighted by atomic mass is 9.84. The van der Waals surface area contributed by atoms with Crippen LogP contribution in [0.1, 0.15) is 54.6 Å². The first-order valence-corrected chi connectivity index (χ1v) is 14.7. The molecule has 1 saturated heterocycles. The summed E-state index contributed by atoms with van der Waals surface area (Å²) in [6.45, 7) is 7.00. The number of likely N-dealkylation sites (tertiary alicyclic amines) is 1. The number of ether oxygens (including phenoxy) is 1. The molecule has 202 valence electrons. The summed E-state index contributed by atoms with van der Waals surface area (Å²) in [6, 6.07) is 13.2. The van der Waals surface area contributed by atoms with Gasteiger partial charge in [0.2, 0.25) is 10.0 Å². The predicted molar refractivity (Wildman–Crippen MR) is 151 cm³/mol. The van der Waals surface area contributed by atoms with Gasteiger partial charge in [0.25, 0.3) is 0 Å². The monoisotopic (exact) mass is 593 g/mol. The number of Topliss-reactive ketones (excluding diaryl/α,β-unsaturated/α-hetero) is 1. The van der Waals surface area contributed by atoms with Crippen LogP contribution in [0.25, 0.3) is 0 Å². The van der Waals surface area contributed by atoms with Crippen LogP contribution in [0.5, 0.6) is 5.75 Å². The number of ketones is 1. The number of halogens is 1. The van der Waals surface area contributed by atoms with Gasteiger partial charge in [-0.1, -0.05) is 51.1 Å². The number of carbonyl (C=O) groups excluding carboxylic acids is 1. The molecule has 10 heteroatoms. The molecular weight excluding hydrogens is 558 g/mol. The van der Waals surface area contributed by atoms with Crippen molar-refractivity contribution in [3.05, 3.63) is 59.2 Å². The van der Waals surface area contributed by atoms with E-state index >= 15 is 0 Å². The Labute approximate surface area is 228 Å². The van der Waals surface area contributed by atoms with Crippen molar-refractivity contribution in [2.75, 3.05) is 44.4 Å². The molecule has 0 aliphatic carbocycles. The Balaban J connectivity index is 2.00. The number of sulfonamides is 1. The smallest absolute Gasteiger partial charge is 0.232 e. The van der Waals surface area contributed by atoms with Gasteiger partial charge in [-0.2, -0.15) is 4.02 Å². The number of benzene rings is 2. The lowest BCUT2D eigenvalue weighted by Crippen LogP contribution is -2.33. The van der Waals surface area contributed by atoms with E-state index < -0.39 is 15.4 Å². The van der Waals surface area contributed by atoms with Crippen LogP contribution in [0, 0.1) is 5.92 Å². The fourth-order valence-electron chi connectivity index (χ4n) is 4.79. The summed E-state index contributed by atoms with van der Waals surface area (Å²) in [7, 11) is -0.614. The van der Waals surface area contributed by atoms with Crippen molar-refractivity contribution in [3.8, 4) is 5.75 Å². The van der Waals surface area contributed by atoms with E-state index in [4.69, 9.17) is 4.74 Å². The van der Waals surface area contributed by atoms with Crippen LogP contribution in [-0.2, 0) is 20.2 Å². The molecule has 2 aromatic rings. The summed E-state index contributed by atoms with van der Waals surface area (Å²) >= 11 is 3.29. The summed E-state index contributed by atoms with van der Waals surface area (Å²) in [5, 5.41) is 10.9. The molecule has 1 aliphatic rings. The third kappa shape index (κ3) is 6.53. The molecule has 0 amide bonds. The number of hydrogen-bond donors (Lipinski definition) is 1. The molecule has 1 heterocycles. The molecule has 1 fully saturated rings. The number of aromatic hydroxyl groups is 1. The Morgan fingerprint density at radius 3 is 2.43 bits per heavy atom. The van der Waals surface area contributed by atoms with E-state index in [9.17, 15) is 18.3 Å². The van der Waals surface area contributed by atoms with E-state index in [0.717, 1.165) is 28.4 Å². The number of methoxy groups -OCH3 is 1. The van der Waals surface area contributed by atoms with Gasteiger partial charge in [-0.3, -0.25) is 9.10 Å². The summed E-state index contributed by atoms with van der Waals surface area (Å²) in [4.78, 5) is 15.6. The molecule has 0 radical (unpaired) electrons. The SMILES string of the molecule is COCC[C@H]1CN(CC(=O)c2cc(N(C)S(C)(=O)=O)c(O)c(C(C)(C)C)c2)C(=NBr)[C@@H]1c1ccccc1. The second kappa shape index (κ2) is 11.5. The highest BCUT2D eigenvalue weighted by atomic mass is 79.9. The van der Waals surface area contributed by atoms with E-state index in [2.05, 4.69) is 32.3 Å². The van der Waals surface area contributed by atoms with Crippen LogP contribution in [0.15, 0.2) is 46.5 Å². The molecule has 0 bridgehead atoms. The van der Waals surface area contributed by atoms with Gasteiger partial charge in [0.15, 0.2) is 5.78 Å². The third-order valence-corrected chi connectivity index (χ3v) is 8.41. The fraction of sp³-hybridized carbons (Fsp3) is 0.481. The van der Waals surface area contributed by atoms with Crippen molar-refractivity contribution >= 4 is 43.5 Å². The van der Waals surface area contributed by atoms with Crippen molar-refractivity contribution in [2.45, 2.75) is 38.5 Å². The van der Waals surface area contributed by atoms with Gasteiger partial charge in [-0.25, -0.2) is 8.42 Å². The normalized spacial score (nSPS) is 19.4. The first-order chi connectivity index (χ1) is 17.3. The number of phenols is 1. The maximum Gasteiger partial charge on any atom is 0.232 e. The van der Waals surface area contributed by atoms with E-state index in [1.54, 1.807) is 13.2 Å². The zero-order chi connectivity index (χ0) is 27.5. The van der Waals surface area contributed by atoms with Gasteiger partial charge < -0.3 is 14.7 Å². The maximum atomic E-state index is 13.7. The van der Waals surface area contributed by atoms with Gasteiger partial charge in [-0.15, -0.1) is 0 Å². The first kappa shape index (κ1) is 29.1. The zero-order valence-corrected chi connectivity index (χ0v) is 24.6. The second-order valence-corrected chi connectivity index (χ2v) is 12.9. The van der Waals surface area contributed by atoms with Gasteiger partial charge in [0.1, 0.15) is 11.6 Å². The number of hydrogen-bond acceptors (Lipinski definition) is 6. The Bertz CT molecular complexity index is 1260. The predicted octanol–water partition coefficient (Wildman–Crippen LogP) is 4.73. The van der Waals surface area contributed by atoms with E-state index in [-0.39, 0.29) is 35.6 Å². The number of nitrogens with zero attached hydrogens (tertiary/aromatic N) is 3. The molecule has 1 N–H and O–H groups in total. The van der Waals surface area contributed by atoms with Gasteiger partial charge >= 0.3 is 0 Å². The minimum Gasteiger partial charge on any atom is -0.505 e. The van der Waals surface area contributed by atoms with E-state index in [0.29, 0.717) is 24.3 Å². The summed E-state index contributed by atoms with van der Waals surface area (Å²) in [5.41, 5.74) is 1.51. The molecule has 0 unspecified atom stereocenters. The van der Waals surface area contributed by atoms with Crippen molar-refractivity contribution in [1.29, 1.82) is 0 Å². The van der Waals surface area contributed by atoms with Crippen molar-refractivity contribution in [3.63, 3.8) is 0 Å². The molecule has 0 aromatic heterocycles. The number of anilines is 1. The molecule has 1 aliphatic heterocycles. The highest BCUT2D eigenvalue weighted by Crippen LogP contribution is 2.41. The summed E-state index contributed by atoms with van der Waals surface area (Å²) in [6.07, 6.45) is 1.87. The molecule has 0 spiro atoms. The summed E-state index contributed by atoms with van der Waals surface area (Å²) in [5.74, 6) is 0.624. The highest BCUT2D eigenvalue weighted by Gasteiger charge is 2.40. The molecule has 0 saturated carbocycles. The lowest BCUT2D eigenvalue weighted by Gasteiger charge is -2.27. The number of rotatable bonds is 9. The number of carbonyl (C=O) groups is 1. The lowest BCUT2D eigenvalue weighted by molar-refractivity contribution is 0.0962.